The minimum Gasteiger partial charge on any atom is -0.392 e. The van der Waals surface area contributed by atoms with Gasteiger partial charge in [0.2, 0.25) is 0 Å². The molecule has 0 spiro atoms. The van der Waals surface area contributed by atoms with Crippen molar-refractivity contribution in [2.75, 3.05) is 0 Å². The molecule has 0 aromatic carbocycles. The van der Waals surface area contributed by atoms with E-state index >= 15 is 0 Å². The van der Waals surface area contributed by atoms with E-state index in [1.165, 1.54) is 31.3 Å². The Morgan fingerprint density at radius 3 is 2.82 bits per heavy atom. The predicted molar refractivity (Wildman–Crippen MR) is 87.3 cm³/mol. The first-order chi connectivity index (χ1) is 10.5. The Hall–Kier alpha value is -0.630. The molecule has 3 fully saturated rings. The summed E-state index contributed by atoms with van der Waals surface area (Å²) in [5, 5.41) is 10.8. The van der Waals surface area contributed by atoms with Gasteiger partial charge in [-0.15, -0.1) is 0 Å². The van der Waals surface area contributed by atoms with Crippen LogP contribution in [0.1, 0.15) is 65.2 Å². The Bertz CT molecular complexity index is 508. The Morgan fingerprint density at radius 2 is 2.05 bits per heavy atom. The molecule has 4 aliphatic rings. The van der Waals surface area contributed by atoms with E-state index in [2.05, 4.69) is 13.8 Å². The summed E-state index contributed by atoms with van der Waals surface area (Å²) in [6.45, 7) is 4.60. The molecular formula is C20H30O2. The van der Waals surface area contributed by atoms with Crippen molar-refractivity contribution in [1.82, 2.24) is 0 Å². The van der Waals surface area contributed by atoms with E-state index in [-0.39, 0.29) is 11.5 Å². The van der Waals surface area contributed by atoms with E-state index in [0.717, 1.165) is 37.5 Å². The van der Waals surface area contributed by atoms with Gasteiger partial charge in [-0.2, -0.15) is 0 Å². The zero-order valence-electron chi connectivity index (χ0n) is 14.1. The van der Waals surface area contributed by atoms with Crippen LogP contribution in [0.4, 0.5) is 0 Å². The number of ketones is 1. The van der Waals surface area contributed by atoms with Gasteiger partial charge < -0.3 is 5.11 Å². The third-order valence-corrected chi connectivity index (χ3v) is 7.94. The highest BCUT2D eigenvalue weighted by atomic mass is 16.3. The first-order valence-electron chi connectivity index (χ1n) is 9.46. The fourth-order valence-electron chi connectivity index (χ4n) is 6.72. The molecule has 22 heavy (non-hydrogen) atoms. The normalized spacial score (nSPS) is 50.9. The number of aliphatic hydroxyl groups excluding tert-OH is 1. The number of hydrogen-bond donors (Lipinski definition) is 1. The summed E-state index contributed by atoms with van der Waals surface area (Å²) >= 11 is 0. The minimum atomic E-state index is -0.0895. The van der Waals surface area contributed by atoms with Crippen LogP contribution in [0.25, 0.3) is 0 Å². The molecule has 3 saturated carbocycles. The molecule has 2 unspecified atom stereocenters. The summed E-state index contributed by atoms with van der Waals surface area (Å²) in [5.74, 6) is 3.84. The molecule has 7 atom stereocenters. The van der Waals surface area contributed by atoms with Crippen molar-refractivity contribution in [2.24, 2.45) is 35.0 Å². The molecular weight excluding hydrogens is 272 g/mol. The van der Waals surface area contributed by atoms with E-state index in [1.54, 1.807) is 0 Å². The summed E-state index contributed by atoms with van der Waals surface area (Å²) in [4.78, 5) is 11.7. The van der Waals surface area contributed by atoms with Gasteiger partial charge in [0, 0.05) is 6.42 Å². The van der Waals surface area contributed by atoms with Crippen LogP contribution in [0.5, 0.6) is 0 Å². The van der Waals surface area contributed by atoms with Crippen LogP contribution in [-0.2, 0) is 4.79 Å². The van der Waals surface area contributed by atoms with E-state index in [4.69, 9.17) is 0 Å². The molecule has 0 bridgehead atoms. The molecule has 1 N–H and O–H groups in total. The first kappa shape index (κ1) is 14.9. The number of allylic oxidation sites excluding steroid dienone is 1. The highest BCUT2D eigenvalue weighted by molar-refractivity contribution is 5.91. The maximum atomic E-state index is 11.7. The molecule has 0 aromatic heterocycles. The van der Waals surface area contributed by atoms with Gasteiger partial charge in [-0.25, -0.2) is 0 Å². The van der Waals surface area contributed by atoms with Gasteiger partial charge in [-0.1, -0.05) is 25.8 Å². The zero-order valence-corrected chi connectivity index (χ0v) is 14.1. The fraction of sp³-hybridized carbons (Fsp3) is 0.850. The zero-order chi connectivity index (χ0) is 15.5. The maximum absolute atomic E-state index is 11.7. The van der Waals surface area contributed by atoms with Crippen LogP contribution in [0.15, 0.2) is 11.6 Å². The molecule has 0 saturated heterocycles. The lowest BCUT2D eigenvalue weighted by atomic mass is 9.52. The second kappa shape index (κ2) is 5.19. The molecule has 0 aromatic rings. The molecule has 0 heterocycles. The largest absolute Gasteiger partial charge is 0.392 e. The SMILES string of the molecule is CCC1C[C@H]2[C@@H]3CCC4=CC(=O)CC[C@@H]4[C@H]3CC[C@]2(C)C1O. The van der Waals surface area contributed by atoms with Crippen LogP contribution in [0.3, 0.4) is 0 Å². The average molecular weight is 302 g/mol. The number of hydrogen-bond acceptors (Lipinski definition) is 2. The predicted octanol–water partition coefficient (Wildman–Crippen LogP) is 4.13. The van der Waals surface area contributed by atoms with Crippen LogP contribution in [0.2, 0.25) is 0 Å². The molecule has 4 rings (SSSR count). The van der Waals surface area contributed by atoms with Gasteiger partial charge in [0.05, 0.1) is 6.10 Å². The molecule has 0 aliphatic heterocycles. The van der Waals surface area contributed by atoms with Crippen molar-refractivity contribution < 1.29 is 9.90 Å². The van der Waals surface area contributed by atoms with Crippen molar-refractivity contribution in [3.8, 4) is 0 Å². The van der Waals surface area contributed by atoms with Crippen LogP contribution in [-0.4, -0.2) is 17.0 Å². The Kier molecular flexibility index (Phi) is 3.52. The quantitative estimate of drug-likeness (QED) is 0.791. The van der Waals surface area contributed by atoms with Gasteiger partial charge >= 0.3 is 0 Å². The molecule has 2 nitrogen and oxygen atoms in total. The number of carbonyl (C=O) groups is 1. The number of aliphatic hydroxyl groups is 1. The minimum absolute atomic E-state index is 0.0895. The summed E-state index contributed by atoms with van der Waals surface area (Å²) < 4.78 is 0. The average Bonchev–Trinajstić information content (AvgIpc) is 2.78. The Balaban J connectivity index is 1.62. The lowest BCUT2D eigenvalue weighted by Gasteiger charge is -2.53. The Morgan fingerprint density at radius 1 is 1.23 bits per heavy atom. The van der Waals surface area contributed by atoms with Crippen molar-refractivity contribution in [1.29, 1.82) is 0 Å². The number of fused-ring (bicyclic) bond motifs is 5. The van der Waals surface area contributed by atoms with Crippen LogP contribution >= 0.6 is 0 Å². The lowest BCUT2D eigenvalue weighted by molar-refractivity contribution is -0.116. The standard InChI is InChI=1S/C20H30O2/c1-3-12-11-18-17-6-4-13-10-14(21)5-7-15(13)16(17)8-9-20(18,2)19(12)22/h10,12,15-19,22H,3-9,11H2,1-2H3/t12?,15-,16+,17+,18-,19?,20-/m0/s1. The molecule has 0 amide bonds. The molecule has 4 aliphatic carbocycles. The number of rotatable bonds is 1. The van der Waals surface area contributed by atoms with Gasteiger partial charge in [0.15, 0.2) is 5.78 Å². The van der Waals surface area contributed by atoms with E-state index < -0.39 is 0 Å². The van der Waals surface area contributed by atoms with E-state index in [1.807, 2.05) is 6.08 Å². The van der Waals surface area contributed by atoms with Crippen LogP contribution in [0, 0.1) is 35.0 Å². The smallest absolute Gasteiger partial charge is 0.155 e. The number of carbonyl (C=O) groups excluding carboxylic acids is 1. The summed E-state index contributed by atoms with van der Waals surface area (Å²) in [7, 11) is 0. The van der Waals surface area contributed by atoms with Gasteiger partial charge in [0.1, 0.15) is 0 Å². The first-order valence-corrected chi connectivity index (χ1v) is 9.46. The summed E-state index contributed by atoms with van der Waals surface area (Å²) in [5.41, 5.74) is 1.62. The molecule has 2 heteroatoms. The fourth-order valence-corrected chi connectivity index (χ4v) is 6.72. The van der Waals surface area contributed by atoms with E-state index in [0.29, 0.717) is 23.5 Å². The maximum Gasteiger partial charge on any atom is 0.155 e. The Labute approximate surface area is 134 Å². The topological polar surface area (TPSA) is 37.3 Å². The monoisotopic (exact) mass is 302 g/mol. The summed E-state index contributed by atoms with van der Waals surface area (Å²) in [6.07, 6.45) is 10.9. The second-order valence-electron chi connectivity index (χ2n) is 8.70. The van der Waals surface area contributed by atoms with E-state index in [9.17, 15) is 9.90 Å². The highest BCUT2D eigenvalue weighted by Crippen LogP contribution is 2.63. The van der Waals surface area contributed by atoms with Crippen molar-refractivity contribution in [3.63, 3.8) is 0 Å². The summed E-state index contributed by atoms with van der Waals surface area (Å²) in [6, 6.07) is 0. The second-order valence-corrected chi connectivity index (χ2v) is 8.70. The van der Waals surface area contributed by atoms with Crippen molar-refractivity contribution in [3.05, 3.63) is 11.6 Å². The third-order valence-electron chi connectivity index (χ3n) is 7.94. The van der Waals surface area contributed by atoms with Crippen molar-refractivity contribution >= 4 is 5.78 Å². The van der Waals surface area contributed by atoms with Gasteiger partial charge in [-0.05, 0) is 79.6 Å². The van der Waals surface area contributed by atoms with Gasteiger partial charge in [0.25, 0.3) is 0 Å². The van der Waals surface area contributed by atoms with Crippen LogP contribution < -0.4 is 0 Å². The van der Waals surface area contributed by atoms with Crippen molar-refractivity contribution in [2.45, 2.75) is 71.3 Å². The lowest BCUT2D eigenvalue weighted by Crippen LogP contribution is -2.47. The molecule has 0 radical (unpaired) electrons. The third kappa shape index (κ3) is 1.99. The highest BCUT2D eigenvalue weighted by Gasteiger charge is 2.58. The van der Waals surface area contributed by atoms with Gasteiger partial charge in [-0.3, -0.25) is 4.79 Å². The molecule has 122 valence electrons.